The van der Waals surface area contributed by atoms with E-state index in [0.717, 1.165) is 12.2 Å². The van der Waals surface area contributed by atoms with Gasteiger partial charge in [0, 0.05) is 19.0 Å². The number of benzene rings is 1. The molecule has 1 atom stereocenters. The first-order valence-corrected chi connectivity index (χ1v) is 7.29. The molecule has 0 saturated carbocycles. The van der Waals surface area contributed by atoms with Crippen molar-refractivity contribution < 1.29 is 9.53 Å². The lowest BCUT2D eigenvalue weighted by atomic mass is 10.0. The number of rotatable bonds is 9. The first kappa shape index (κ1) is 16.5. The molecule has 1 aromatic carbocycles. The lowest BCUT2D eigenvalue weighted by molar-refractivity contribution is -0.122. The molecule has 20 heavy (non-hydrogen) atoms. The van der Waals surface area contributed by atoms with Crippen LogP contribution in [0.1, 0.15) is 33.1 Å². The first-order chi connectivity index (χ1) is 9.61. The molecular formula is C16H26N2O2. The minimum atomic E-state index is 0.0535. The SMILES string of the molecule is CC(C)CC(CN)NC(=O)CCCOc1ccccc1. The molecule has 0 spiro atoms. The van der Waals surface area contributed by atoms with Crippen LogP contribution >= 0.6 is 0 Å². The van der Waals surface area contributed by atoms with E-state index >= 15 is 0 Å². The van der Waals surface area contributed by atoms with E-state index in [4.69, 9.17) is 10.5 Å². The van der Waals surface area contributed by atoms with Crippen LogP contribution in [0.4, 0.5) is 0 Å². The van der Waals surface area contributed by atoms with Crippen molar-refractivity contribution >= 4 is 5.91 Å². The molecule has 0 bridgehead atoms. The zero-order valence-electron chi connectivity index (χ0n) is 12.5. The highest BCUT2D eigenvalue weighted by Gasteiger charge is 2.11. The van der Waals surface area contributed by atoms with Gasteiger partial charge in [0.1, 0.15) is 5.75 Å². The molecule has 112 valence electrons. The Bertz CT molecular complexity index is 379. The fourth-order valence-corrected chi connectivity index (χ4v) is 2.02. The maximum Gasteiger partial charge on any atom is 0.220 e. The van der Waals surface area contributed by atoms with Gasteiger partial charge in [0.25, 0.3) is 0 Å². The molecule has 0 aliphatic rings. The predicted octanol–water partition coefficient (Wildman–Crippen LogP) is 2.34. The summed E-state index contributed by atoms with van der Waals surface area (Å²) >= 11 is 0. The van der Waals surface area contributed by atoms with Gasteiger partial charge < -0.3 is 15.8 Å². The van der Waals surface area contributed by atoms with Gasteiger partial charge in [-0.2, -0.15) is 0 Å². The van der Waals surface area contributed by atoms with Gasteiger partial charge in [-0.3, -0.25) is 4.79 Å². The zero-order valence-corrected chi connectivity index (χ0v) is 12.5. The van der Waals surface area contributed by atoms with Gasteiger partial charge in [0.15, 0.2) is 0 Å². The number of amides is 1. The molecule has 1 unspecified atom stereocenters. The van der Waals surface area contributed by atoms with Gasteiger partial charge >= 0.3 is 0 Å². The maximum atomic E-state index is 11.8. The second kappa shape index (κ2) is 9.37. The number of ether oxygens (including phenoxy) is 1. The van der Waals surface area contributed by atoms with E-state index in [1.54, 1.807) is 0 Å². The molecule has 4 nitrogen and oxygen atoms in total. The number of hydrogen-bond acceptors (Lipinski definition) is 3. The van der Waals surface area contributed by atoms with Gasteiger partial charge in [0.2, 0.25) is 5.91 Å². The van der Waals surface area contributed by atoms with E-state index in [-0.39, 0.29) is 11.9 Å². The molecule has 0 saturated heterocycles. The summed E-state index contributed by atoms with van der Waals surface area (Å²) in [6.07, 6.45) is 2.10. The monoisotopic (exact) mass is 278 g/mol. The highest BCUT2D eigenvalue weighted by Crippen LogP contribution is 2.09. The smallest absolute Gasteiger partial charge is 0.220 e. The Morgan fingerprint density at radius 1 is 1.30 bits per heavy atom. The minimum Gasteiger partial charge on any atom is -0.494 e. The Kier molecular flexibility index (Phi) is 7.73. The van der Waals surface area contributed by atoms with Crippen LogP contribution in [0.2, 0.25) is 0 Å². The molecule has 0 aliphatic carbocycles. The lowest BCUT2D eigenvalue weighted by Gasteiger charge is -2.18. The predicted molar refractivity (Wildman–Crippen MR) is 81.6 cm³/mol. The van der Waals surface area contributed by atoms with Gasteiger partial charge in [0.05, 0.1) is 6.61 Å². The summed E-state index contributed by atoms with van der Waals surface area (Å²) in [5.41, 5.74) is 5.66. The Balaban J connectivity index is 2.16. The maximum absolute atomic E-state index is 11.8. The second-order valence-corrected chi connectivity index (χ2v) is 5.39. The molecule has 1 amide bonds. The molecule has 4 heteroatoms. The van der Waals surface area contributed by atoms with Gasteiger partial charge in [-0.25, -0.2) is 0 Å². The lowest BCUT2D eigenvalue weighted by Crippen LogP contribution is -2.41. The quantitative estimate of drug-likeness (QED) is 0.681. The molecule has 0 radical (unpaired) electrons. The summed E-state index contributed by atoms with van der Waals surface area (Å²) in [6, 6.07) is 9.71. The Morgan fingerprint density at radius 2 is 2.00 bits per heavy atom. The summed E-state index contributed by atoms with van der Waals surface area (Å²) in [5, 5.41) is 2.98. The molecule has 3 N–H and O–H groups in total. The van der Waals surface area contributed by atoms with E-state index in [1.807, 2.05) is 30.3 Å². The van der Waals surface area contributed by atoms with Crippen LogP contribution in [-0.4, -0.2) is 25.1 Å². The Labute approximate surface area is 121 Å². The zero-order chi connectivity index (χ0) is 14.8. The van der Waals surface area contributed by atoms with Crippen LogP contribution in [0.5, 0.6) is 5.75 Å². The van der Waals surface area contributed by atoms with Crippen molar-refractivity contribution in [2.45, 2.75) is 39.2 Å². The highest BCUT2D eigenvalue weighted by atomic mass is 16.5. The van der Waals surface area contributed by atoms with Crippen LogP contribution in [0.25, 0.3) is 0 Å². The summed E-state index contributed by atoms with van der Waals surface area (Å²) in [7, 11) is 0. The van der Waals surface area contributed by atoms with Crippen molar-refractivity contribution in [1.29, 1.82) is 0 Å². The number of para-hydroxylation sites is 1. The number of nitrogens with one attached hydrogen (secondary N) is 1. The van der Waals surface area contributed by atoms with Gasteiger partial charge in [-0.15, -0.1) is 0 Å². The summed E-state index contributed by atoms with van der Waals surface area (Å²) in [5.74, 6) is 1.43. The minimum absolute atomic E-state index is 0.0535. The Morgan fingerprint density at radius 3 is 2.60 bits per heavy atom. The van der Waals surface area contributed by atoms with Crippen LogP contribution in [0.15, 0.2) is 30.3 Å². The number of carbonyl (C=O) groups is 1. The van der Waals surface area contributed by atoms with Crippen molar-refractivity contribution in [2.75, 3.05) is 13.2 Å². The second-order valence-electron chi connectivity index (χ2n) is 5.39. The molecule has 0 fully saturated rings. The number of carbonyl (C=O) groups excluding carboxylic acids is 1. The molecule has 1 rings (SSSR count). The Hall–Kier alpha value is -1.55. The third-order valence-electron chi connectivity index (χ3n) is 2.97. The van der Waals surface area contributed by atoms with Crippen LogP contribution in [0, 0.1) is 5.92 Å². The van der Waals surface area contributed by atoms with E-state index in [9.17, 15) is 4.79 Å². The molecule has 1 aromatic rings. The van der Waals surface area contributed by atoms with E-state index in [0.29, 0.717) is 31.9 Å². The molecular weight excluding hydrogens is 252 g/mol. The first-order valence-electron chi connectivity index (χ1n) is 7.29. The number of nitrogens with two attached hydrogens (primary N) is 1. The third kappa shape index (κ3) is 7.14. The van der Waals surface area contributed by atoms with Gasteiger partial charge in [-0.05, 0) is 30.9 Å². The van der Waals surface area contributed by atoms with Crippen molar-refractivity contribution in [3.63, 3.8) is 0 Å². The van der Waals surface area contributed by atoms with Crippen LogP contribution < -0.4 is 15.8 Å². The summed E-state index contributed by atoms with van der Waals surface area (Å²) in [6.45, 7) is 5.30. The van der Waals surface area contributed by atoms with Crippen molar-refractivity contribution in [3.05, 3.63) is 30.3 Å². The molecule has 0 aliphatic heterocycles. The third-order valence-corrected chi connectivity index (χ3v) is 2.97. The van der Waals surface area contributed by atoms with Gasteiger partial charge in [-0.1, -0.05) is 32.0 Å². The van der Waals surface area contributed by atoms with Crippen molar-refractivity contribution in [2.24, 2.45) is 11.7 Å². The van der Waals surface area contributed by atoms with E-state index in [1.165, 1.54) is 0 Å². The average Bonchev–Trinajstić information content (AvgIpc) is 2.43. The molecule has 0 heterocycles. The average molecular weight is 278 g/mol. The van der Waals surface area contributed by atoms with Crippen molar-refractivity contribution in [1.82, 2.24) is 5.32 Å². The standard InChI is InChI=1S/C16H26N2O2/c1-13(2)11-14(12-17)18-16(19)9-6-10-20-15-7-4-3-5-8-15/h3-5,7-8,13-14H,6,9-12,17H2,1-2H3,(H,18,19). The van der Waals surface area contributed by atoms with E-state index in [2.05, 4.69) is 19.2 Å². The van der Waals surface area contributed by atoms with Crippen LogP contribution in [-0.2, 0) is 4.79 Å². The largest absolute Gasteiger partial charge is 0.494 e. The number of hydrogen-bond donors (Lipinski definition) is 2. The summed E-state index contributed by atoms with van der Waals surface area (Å²) < 4.78 is 5.55. The highest BCUT2D eigenvalue weighted by molar-refractivity contribution is 5.76. The topological polar surface area (TPSA) is 64.3 Å². The molecule has 0 aromatic heterocycles. The van der Waals surface area contributed by atoms with Crippen LogP contribution in [0.3, 0.4) is 0 Å². The summed E-state index contributed by atoms with van der Waals surface area (Å²) in [4.78, 5) is 11.8. The normalized spacial score (nSPS) is 12.2. The fraction of sp³-hybridized carbons (Fsp3) is 0.562. The fourth-order valence-electron chi connectivity index (χ4n) is 2.02. The van der Waals surface area contributed by atoms with Crippen molar-refractivity contribution in [3.8, 4) is 5.75 Å². The van der Waals surface area contributed by atoms with E-state index < -0.39 is 0 Å².